The van der Waals surface area contributed by atoms with E-state index in [9.17, 15) is 19.8 Å². The summed E-state index contributed by atoms with van der Waals surface area (Å²) in [6, 6.07) is 15.6. The molecule has 3 saturated carbocycles. The summed E-state index contributed by atoms with van der Waals surface area (Å²) in [6.45, 7) is 7.61. The molecule has 0 spiro atoms. The van der Waals surface area contributed by atoms with Crippen molar-refractivity contribution in [3.8, 4) is 0 Å². The number of likely N-dealkylation sites (N-methyl/N-ethyl adjacent to an activating group) is 1. The highest BCUT2D eigenvalue weighted by molar-refractivity contribution is 7.98. The zero-order valence-corrected chi connectivity index (χ0v) is 30.5. The number of nitrogens with one attached hydrogen (secondary N) is 2. The van der Waals surface area contributed by atoms with E-state index in [1.165, 1.54) is 11.1 Å². The number of ether oxygens (including phenoxy) is 2. The maximum Gasteiger partial charge on any atom is 0.241 e. The van der Waals surface area contributed by atoms with Crippen molar-refractivity contribution in [3.05, 3.63) is 95.1 Å². The zero-order chi connectivity index (χ0) is 35.4. The zero-order valence-electron chi connectivity index (χ0n) is 29.6. The molecule has 2 aromatic carbocycles. The number of aliphatic hydroxyl groups excluding tert-OH is 2. The second-order valence-corrected chi connectivity index (χ2v) is 16.3. The predicted molar refractivity (Wildman–Crippen MR) is 195 cm³/mol. The van der Waals surface area contributed by atoms with Gasteiger partial charge in [0.25, 0.3) is 0 Å². The maximum absolute atomic E-state index is 13.9. The van der Waals surface area contributed by atoms with E-state index in [-0.39, 0.29) is 40.9 Å². The monoisotopic (exact) mass is 698 g/mol. The van der Waals surface area contributed by atoms with Crippen LogP contribution in [0.5, 0.6) is 0 Å². The summed E-state index contributed by atoms with van der Waals surface area (Å²) < 4.78 is 13.4. The number of hydrogen-bond donors (Lipinski definition) is 4. The van der Waals surface area contributed by atoms with Gasteiger partial charge in [0.05, 0.1) is 18.2 Å². The number of fused-ring (bicyclic) bond motifs is 7. The molecule has 0 aromatic heterocycles. The van der Waals surface area contributed by atoms with Crippen LogP contribution in [0.3, 0.4) is 0 Å². The smallest absolute Gasteiger partial charge is 0.241 e. The molecule has 50 heavy (non-hydrogen) atoms. The minimum atomic E-state index is -1.33. The lowest BCUT2D eigenvalue weighted by molar-refractivity contribution is -0.201. The van der Waals surface area contributed by atoms with E-state index < -0.39 is 36.1 Å². The quantitative estimate of drug-likeness (QED) is 0.219. The van der Waals surface area contributed by atoms with E-state index in [0.717, 1.165) is 40.3 Å². The summed E-state index contributed by atoms with van der Waals surface area (Å²) in [4.78, 5) is 27.2. The molecule has 9 heteroatoms. The summed E-state index contributed by atoms with van der Waals surface area (Å²) >= 11 is 1.68. The molecular formula is C41H50N2O6S. The SMILES string of the molecule is C/C=C1\C=C[C@@]2(C)C(=C1)CC[C@@H]1C2[C@@H](O)C[C@@]2(C)C1C[C@H]1O[C@@H](c3ccc(CSc4cccc(NC(=O)[C@H](C)NC)c4)cc3)O[C@]12C(=O)CO. The second kappa shape index (κ2) is 13.5. The highest BCUT2D eigenvalue weighted by atomic mass is 32.2. The number of thioether (sulfide) groups is 1. The molecule has 1 aliphatic heterocycles. The molecule has 2 aromatic rings. The summed E-state index contributed by atoms with van der Waals surface area (Å²) in [5.41, 5.74) is 3.02. The molecule has 1 saturated heterocycles. The lowest BCUT2D eigenvalue weighted by Crippen LogP contribution is -2.63. The molecule has 1 heterocycles. The Hall–Kier alpha value is -3.05. The highest BCUT2D eigenvalue weighted by Crippen LogP contribution is 2.70. The fourth-order valence-corrected chi connectivity index (χ4v) is 11.0. The first-order valence-electron chi connectivity index (χ1n) is 18.0. The third-order valence-electron chi connectivity index (χ3n) is 12.8. The van der Waals surface area contributed by atoms with Gasteiger partial charge in [0, 0.05) is 38.6 Å². The van der Waals surface area contributed by atoms with Crippen LogP contribution >= 0.6 is 11.8 Å². The summed E-state index contributed by atoms with van der Waals surface area (Å²) in [7, 11) is 1.76. The van der Waals surface area contributed by atoms with Crippen LogP contribution < -0.4 is 10.6 Å². The fraction of sp³-hybridized carbons (Fsp3) is 0.512. The number of aliphatic hydroxyl groups is 2. The molecule has 0 radical (unpaired) electrons. The highest BCUT2D eigenvalue weighted by Gasteiger charge is 2.75. The number of rotatable bonds is 9. The Labute approximate surface area is 299 Å². The molecule has 0 bridgehead atoms. The first-order chi connectivity index (χ1) is 24.0. The Bertz CT molecular complexity index is 1740. The number of Topliss-reactive ketones (excluding diaryl/α,β-unsaturated/α-hetero) is 1. The van der Waals surface area contributed by atoms with Gasteiger partial charge in [-0.1, -0.05) is 74.1 Å². The molecule has 8 nitrogen and oxygen atoms in total. The molecule has 4 aliphatic carbocycles. The van der Waals surface area contributed by atoms with E-state index in [0.29, 0.717) is 12.8 Å². The van der Waals surface area contributed by atoms with E-state index >= 15 is 0 Å². The number of carbonyl (C=O) groups excluding carboxylic acids is 2. The Kier molecular flexibility index (Phi) is 9.54. The number of benzene rings is 2. The number of ketones is 1. The molecule has 4 N–H and O–H groups in total. The van der Waals surface area contributed by atoms with Gasteiger partial charge in [-0.2, -0.15) is 0 Å². The average molecular weight is 699 g/mol. The van der Waals surface area contributed by atoms with Gasteiger partial charge in [0.1, 0.15) is 6.61 Å². The summed E-state index contributed by atoms with van der Waals surface area (Å²) in [6.07, 6.45) is 10.00. The third kappa shape index (κ3) is 5.65. The molecule has 7 rings (SSSR count). The Morgan fingerprint density at radius 2 is 1.94 bits per heavy atom. The molecule has 266 valence electrons. The van der Waals surface area contributed by atoms with Gasteiger partial charge in [0.15, 0.2) is 17.7 Å². The standard InChI is InChI=1S/C41H50N2O6S/c1-6-25-16-17-39(3)28(18-25)14-15-31-32-20-35-41(34(46)22-44,40(32,4)21-33(45)36(31)39)49-38(48-35)27-12-10-26(11-13-27)23-50-30-9-7-8-29(19-30)43-37(47)24(2)42-5/h6-13,16-19,24,31-33,35-36,38,42,44-45H,14-15,20-23H2,1-5H3,(H,43,47)/b25-6+/t24-,31-,32?,33-,35+,36?,38+,39-,40-,41+/m0/s1. The molecular weight excluding hydrogens is 649 g/mol. The summed E-state index contributed by atoms with van der Waals surface area (Å²) in [5, 5.41) is 28.2. The Morgan fingerprint density at radius 3 is 2.66 bits per heavy atom. The van der Waals surface area contributed by atoms with Gasteiger partial charge < -0.3 is 30.3 Å². The number of carbonyl (C=O) groups is 2. The largest absolute Gasteiger partial charge is 0.393 e. The lowest BCUT2D eigenvalue weighted by Gasteiger charge is -2.59. The van der Waals surface area contributed by atoms with E-state index in [1.54, 1.807) is 18.8 Å². The van der Waals surface area contributed by atoms with Crippen LogP contribution in [-0.4, -0.2) is 59.4 Å². The molecule has 10 atom stereocenters. The summed E-state index contributed by atoms with van der Waals surface area (Å²) in [5.74, 6) is 0.651. The van der Waals surface area contributed by atoms with Crippen molar-refractivity contribution >= 4 is 29.1 Å². The lowest BCUT2D eigenvalue weighted by atomic mass is 9.46. The first-order valence-corrected chi connectivity index (χ1v) is 19.0. The minimum absolute atomic E-state index is 0.0415. The topological polar surface area (TPSA) is 117 Å². The van der Waals surface area contributed by atoms with Crippen molar-refractivity contribution in [2.45, 2.75) is 94.2 Å². The Morgan fingerprint density at radius 1 is 1.16 bits per heavy atom. The Balaban J connectivity index is 1.07. The third-order valence-corrected chi connectivity index (χ3v) is 13.8. The van der Waals surface area contributed by atoms with Crippen molar-refractivity contribution in [3.63, 3.8) is 0 Å². The van der Waals surface area contributed by atoms with Crippen LogP contribution in [0.2, 0.25) is 0 Å². The number of hydrogen-bond acceptors (Lipinski definition) is 8. The predicted octanol–water partition coefficient (Wildman–Crippen LogP) is 6.51. The van der Waals surface area contributed by atoms with E-state index in [1.807, 2.05) is 55.5 Å². The average Bonchev–Trinajstić information content (AvgIpc) is 3.62. The van der Waals surface area contributed by atoms with Crippen LogP contribution in [0.1, 0.15) is 70.8 Å². The van der Waals surface area contributed by atoms with Crippen LogP contribution in [0, 0.1) is 28.6 Å². The molecule has 5 aliphatic rings. The van der Waals surface area contributed by atoms with Gasteiger partial charge in [-0.25, -0.2) is 0 Å². The van der Waals surface area contributed by atoms with E-state index in [4.69, 9.17) is 9.47 Å². The van der Waals surface area contributed by atoms with Gasteiger partial charge in [-0.15, -0.1) is 11.8 Å². The fourth-order valence-electron chi connectivity index (χ4n) is 10.0. The molecule has 2 unspecified atom stereocenters. The van der Waals surface area contributed by atoms with Crippen molar-refractivity contribution in [1.82, 2.24) is 5.32 Å². The maximum atomic E-state index is 13.9. The van der Waals surface area contributed by atoms with E-state index in [2.05, 4.69) is 55.7 Å². The minimum Gasteiger partial charge on any atom is -0.393 e. The van der Waals surface area contributed by atoms with Crippen molar-refractivity contribution < 1.29 is 29.3 Å². The van der Waals surface area contributed by atoms with Crippen molar-refractivity contribution in [2.24, 2.45) is 28.6 Å². The number of anilines is 1. The van der Waals surface area contributed by atoms with Crippen molar-refractivity contribution in [2.75, 3.05) is 19.0 Å². The van der Waals surface area contributed by atoms with Gasteiger partial charge in [-0.3, -0.25) is 9.59 Å². The van der Waals surface area contributed by atoms with Crippen LogP contribution in [0.25, 0.3) is 0 Å². The van der Waals surface area contributed by atoms with Crippen LogP contribution in [0.15, 0.2) is 88.9 Å². The van der Waals surface area contributed by atoms with Crippen LogP contribution in [0.4, 0.5) is 5.69 Å². The van der Waals surface area contributed by atoms with Gasteiger partial charge in [-0.05, 0) is 87.7 Å². The number of amides is 1. The number of allylic oxidation sites excluding steroid dienone is 6. The van der Waals surface area contributed by atoms with Crippen molar-refractivity contribution in [1.29, 1.82) is 0 Å². The second-order valence-electron chi connectivity index (χ2n) is 15.3. The normalized spacial score (nSPS) is 36.9. The van der Waals surface area contributed by atoms with Gasteiger partial charge >= 0.3 is 0 Å². The first kappa shape index (κ1) is 35.4. The molecule has 4 fully saturated rings. The molecule has 1 amide bonds. The van der Waals surface area contributed by atoms with Crippen LogP contribution in [-0.2, 0) is 24.8 Å². The van der Waals surface area contributed by atoms with Gasteiger partial charge in [0.2, 0.25) is 5.91 Å².